The predicted molar refractivity (Wildman–Crippen MR) is 114 cm³/mol. The summed E-state index contributed by atoms with van der Waals surface area (Å²) in [6, 6.07) is 7.76. The minimum Gasteiger partial charge on any atom is -0.493 e. The minimum atomic E-state index is -2.25. The summed E-state index contributed by atoms with van der Waals surface area (Å²) in [6.07, 6.45) is 1.47. The number of aryl methyl sites for hydroxylation is 1. The van der Waals surface area contributed by atoms with Crippen LogP contribution in [0.15, 0.2) is 36.1 Å². The molecule has 0 aliphatic carbocycles. The Kier molecular flexibility index (Phi) is 6.38. The Labute approximate surface area is 196 Å². The van der Waals surface area contributed by atoms with E-state index in [1.54, 1.807) is 25.1 Å². The molecule has 5 nitrogen and oxygen atoms in total. The van der Waals surface area contributed by atoms with Gasteiger partial charge in [0.25, 0.3) is 0 Å². The van der Waals surface area contributed by atoms with Crippen molar-refractivity contribution in [1.29, 1.82) is 0 Å². The molecule has 0 unspecified atom stereocenters. The summed E-state index contributed by atoms with van der Waals surface area (Å²) >= 11 is 0. The summed E-state index contributed by atoms with van der Waals surface area (Å²) < 4.78 is 89.6. The van der Waals surface area contributed by atoms with E-state index in [9.17, 15) is 26.7 Å². The largest absolute Gasteiger partial charge is 0.493 e. The van der Waals surface area contributed by atoms with Crippen LogP contribution in [0.3, 0.4) is 0 Å². The fraction of sp³-hybridized carbons (Fsp3) is 0.160. The van der Waals surface area contributed by atoms with Crippen LogP contribution in [-0.4, -0.2) is 20.0 Å². The lowest BCUT2D eigenvalue weighted by atomic mass is 10.0. The monoisotopic (exact) mass is 492 g/mol. The van der Waals surface area contributed by atoms with Gasteiger partial charge in [0.05, 0.1) is 25.3 Å². The Morgan fingerprint density at radius 3 is 2.20 bits per heavy atom. The number of ketones is 1. The molecule has 10 heteroatoms. The minimum absolute atomic E-state index is 0.00166. The molecule has 0 spiro atoms. The van der Waals surface area contributed by atoms with Gasteiger partial charge >= 0.3 is 0 Å². The van der Waals surface area contributed by atoms with Gasteiger partial charge in [0, 0.05) is 11.6 Å². The molecule has 0 amide bonds. The number of methoxy groups -OCH3 is 2. The number of ether oxygens (including phenoxy) is 4. The zero-order valence-electron chi connectivity index (χ0n) is 18.6. The van der Waals surface area contributed by atoms with E-state index >= 15 is 0 Å². The number of fused-ring (bicyclic) bond motifs is 1. The summed E-state index contributed by atoms with van der Waals surface area (Å²) in [6.45, 7) is 0.641. The maximum absolute atomic E-state index is 13.9. The number of Topliss-reactive ketones (excluding diaryl/α,β-unsaturated/α-hetero) is 1. The van der Waals surface area contributed by atoms with Crippen LogP contribution in [0.1, 0.15) is 27.0 Å². The quantitative estimate of drug-likeness (QED) is 0.186. The first-order valence-corrected chi connectivity index (χ1v) is 10.1. The Morgan fingerprint density at radius 2 is 1.57 bits per heavy atom. The van der Waals surface area contributed by atoms with Gasteiger partial charge < -0.3 is 18.9 Å². The highest BCUT2D eigenvalue weighted by Crippen LogP contribution is 2.39. The summed E-state index contributed by atoms with van der Waals surface area (Å²) in [7, 11) is 2.92. The van der Waals surface area contributed by atoms with Gasteiger partial charge in [0.2, 0.25) is 11.6 Å². The van der Waals surface area contributed by atoms with E-state index in [1.165, 1.54) is 32.4 Å². The first-order valence-electron chi connectivity index (χ1n) is 10.1. The Hall–Kier alpha value is -4.08. The molecule has 0 fully saturated rings. The van der Waals surface area contributed by atoms with Crippen molar-refractivity contribution in [3.8, 4) is 23.0 Å². The molecular weight excluding hydrogens is 475 g/mol. The van der Waals surface area contributed by atoms with Crippen LogP contribution in [0, 0.1) is 36.0 Å². The highest BCUT2D eigenvalue weighted by Gasteiger charge is 2.31. The molecule has 0 atom stereocenters. The molecule has 0 radical (unpaired) electrons. The van der Waals surface area contributed by atoms with E-state index in [-0.39, 0.29) is 22.8 Å². The summed E-state index contributed by atoms with van der Waals surface area (Å²) in [5, 5.41) is 0. The highest BCUT2D eigenvalue weighted by molar-refractivity contribution is 6.15. The van der Waals surface area contributed by atoms with Crippen LogP contribution in [0.25, 0.3) is 6.08 Å². The third kappa shape index (κ3) is 4.16. The van der Waals surface area contributed by atoms with Crippen molar-refractivity contribution < 1.29 is 45.7 Å². The number of allylic oxidation sites excluding steroid dienone is 1. The number of halogens is 5. The topological polar surface area (TPSA) is 54.0 Å². The standard InChI is InChI=1S/C25H17F5O5/c1-11-7-13(34-10-14-19(26)21(28)23(30)22(29)20(14)27)9-16-18(11)24(31)17(35-16)8-12-5-4-6-15(32-2)25(12)33-3/h4-9H,10H2,1-3H3/b17-8-. The first-order chi connectivity index (χ1) is 16.7. The third-order valence-electron chi connectivity index (χ3n) is 5.35. The van der Waals surface area contributed by atoms with Gasteiger partial charge in [-0.15, -0.1) is 0 Å². The average molecular weight is 492 g/mol. The molecule has 182 valence electrons. The van der Waals surface area contributed by atoms with Crippen molar-refractivity contribution in [2.45, 2.75) is 13.5 Å². The van der Waals surface area contributed by atoms with Gasteiger partial charge in [-0.25, -0.2) is 22.0 Å². The lowest BCUT2D eigenvalue weighted by Gasteiger charge is -2.11. The molecule has 0 bridgehead atoms. The van der Waals surface area contributed by atoms with Crippen molar-refractivity contribution in [1.82, 2.24) is 0 Å². The van der Waals surface area contributed by atoms with Crippen LogP contribution >= 0.6 is 0 Å². The van der Waals surface area contributed by atoms with Crippen molar-refractivity contribution >= 4 is 11.9 Å². The Balaban J connectivity index is 1.63. The van der Waals surface area contributed by atoms with Gasteiger partial charge in [-0.3, -0.25) is 4.79 Å². The van der Waals surface area contributed by atoms with Crippen molar-refractivity contribution in [2.75, 3.05) is 14.2 Å². The van der Waals surface area contributed by atoms with E-state index in [2.05, 4.69) is 0 Å². The molecule has 0 N–H and O–H groups in total. The number of para-hydroxylation sites is 1. The first kappa shape index (κ1) is 24.1. The molecular formula is C25H17F5O5. The zero-order valence-corrected chi connectivity index (χ0v) is 18.6. The smallest absolute Gasteiger partial charge is 0.232 e. The van der Waals surface area contributed by atoms with Gasteiger partial charge in [-0.2, -0.15) is 0 Å². The lowest BCUT2D eigenvalue weighted by Crippen LogP contribution is -2.10. The number of hydrogen-bond acceptors (Lipinski definition) is 5. The van der Waals surface area contributed by atoms with Crippen LogP contribution in [0.4, 0.5) is 22.0 Å². The fourth-order valence-corrected chi connectivity index (χ4v) is 3.66. The summed E-state index contributed by atoms with van der Waals surface area (Å²) in [4.78, 5) is 12.9. The van der Waals surface area contributed by atoms with E-state index in [4.69, 9.17) is 18.9 Å². The highest BCUT2D eigenvalue weighted by atomic mass is 19.2. The maximum Gasteiger partial charge on any atom is 0.232 e. The van der Waals surface area contributed by atoms with Gasteiger partial charge in [-0.05, 0) is 30.7 Å². The van der Waals surface area contributed by atoms with Crippen LogP contribution in [0.5, 0.6) is 23.0 Å². The predicted octanol–water partition coefficient (Wildman–Crippen LogP) is 5.90. The molecule has 35 heavy (non-hydrogen) atoms. The number of hydrogen-bond donors (Lipinski definition) is 0. The summed E-state index contributed by atoms with van der Waals surface area (Å²) in [5.74, 6) is -9.85. The zero-order chi connectivity index (χ0) is 25.4. The molecule has 1 aliphatic heterocycles. The molecule has 3 aromatic carbocycles. The number of carbonyl (C=O) groups is 1. The van der Waals surface area contributed by atoms with Crippen molar-refractivity contribution in [2.24, 2.45) is 0 Å². The molecule has 0 saturated heterocycles. The van der Waals surface area contributed by atoms with E-state index in [1.807, 2.05) is 0 Å². The molecule has 1 heterocycles. The van der Waals surface area contributed by atoms with Crippen LogP contribution < -0.4 is 18.9 Å². The SMILES string of the molecule is COc1cccc(/C=C2\Oc3cc(OCc4c(F)c(F)c(F)c(F)c4F)cc(C)c3C2=O)c1OC. The van der Waals surface area contributed by atoms with Gasteiger partial charge in [-0.1, -0.05) is 12.1 Å². The third-order valence-corrected chi connectivity index (χ3v) is 5.35. The fourth-order valence-electron chi connectivity index (χ4n) is 3.66. The second kappa shape index (κ2) is 9.28. The van der Waals surface area contributed by atoms with E-state index in [0.29, 0.717) is 22.6 Å². The number of carbonyl (C=O) groups excluding carboxylic acids is 1. The van der Waals surface area contributed by atoms with Crippen LogP contribution in [-0.2, 0) is 6.61 Å². The second-order valence-corrected chi connectivity index (χ2v) is 7.47. The van der Waals surface area contributed by atoms with E-state index < -0.39 is 47.0 Å². The summed E-state index contributed by atoms with van der Waals surface area (Å²) in [5.41, 5.74) is 0.0494. The molecule has 3 aromatic rings. The van der Waals surface area contributed by atoms with Crippen molar-refractivity contribution in [3.05, 3.63) is 87.4 Å². The van der Waals surface area contributed by atoms with Crippen LogP contribution in [0.2, 0.25) is 0 Å². The Bertz CT molecular complexity index is 1350. The molecule has 0 aromatic heterocycles. The van der Waals surface area contributed by atoms with Gasteiger partial charge in [0.15, 0.2) is 40.5 Å². The molecule has 0 saturated carbocycles. The van der Waals surface area contributed by atoms with E-state index in [0.717, 1.165) is 0 Å². The molecule has 4 rings (SSSR count). The lowest BCUT2D eigenvalue weighted by molar-refractivity contribution is 0.101. The Morgan fingerprint density at radius 1 is 0.914 bits per heavy atom. The number of benzene rings is 3. The molecule has 1 aliphatic rings. The second-order valence-electron chi connectivity index (χ2n) is 7.47. The van der Waals surface area contributed by atoms with Gasteiger partial charge in [0.1, 0.15) is 18.1 Å². The average Bonchev–Trinajstić information content (AvgIpc) is 3.16. The van der Waals surface area contributed by atoms with Crippen molar-refractivity contribution in [3.63, 3.8) is 0 Å². The normalized spacial score (nSPS) is 13.6. The number of rotatable bonds is 6. The maximum atomic E-state index is 13.9.